The van der Waals surface area contributed by atoms with Crippen LogP contribution in [0.25, 0.3) is 0 Å². The lowest BCUT2D eigenvalue weighted by Gasteiger charge is -2.32. The Labute approximate surface area is 128 Å². The second-order valence-electron chi connectivity index (χ2n) is 7.00. The number of rotatable bonds is 5. The lowest BCUT2D eigenvalue weighted by molar-refractivity contribution is 0.341. The first-order valence-electron chi connectivity index (χ1n) is 8.54. The van der Waals surface area contributed by atoms with E-state index in [9.17, 15) is 0 Å². The van der Waals surface area contributed by atoms with Gasteiger partial charge in [-0.3, -0.25) is 0 Å². The number of hydrogen-bond donors (Lipinski definition) is 1. The first-order valence-corrected chi connectivity index (χ1v) is 8.54. The largest absolute Gasteiger partial charge is 0.352 e. The SMILES string of the molecule is CC(C)CNCc1ccc(N2CCC3CCCCC32)nn1. The van der Waals surface area contributed by atoms with Gasteiger partial charge >= 0.3 is 0 Å². The molecule has 1 aromatic heterocycles. The normalized spacial score (nSPS) is 25.4. The number of anilines is 1. The molecule has 0 bridgehead atoms. The Balaban J connectivity index is 1.59. The van der Waals surface area contributed by atoms with Gasteiger partial charge in [-0.2, -0.15) is 5.10 Å². The molecule has 4 nitrogen and oxygen atoms in total. The van der Waals surface area contributed by atoms with Gasteiger partial charge in [-0.05, 0) is 49.8 Å². The Bertz CT molecular complexity index is 443. The molecule has 1 N–H and O–H groups in total. The van der Waals surface area contributed by atoms with E-state index in [4.69, 9.17) is 0 Å². The summed E-state index contributed by atoms with van der Waals surface area (Å²) in [5.41, 5.74) is 1.04. The quantitative estimate of drug-likeness (QED) is 0.904. The van der Waals surface area contributed by atoms with Crippen LogP contribution in [0.2, 0.25) is 0 Å². The van der Waals surface area contributed by atoms with Crippen LogP contribution in [0.4, 0.5) is 5.82 Å². The molecule has 1 aromatic rings. The predicted octanol–water partition coefficient (Wildman–Crippen LogP) is 2.99. The third kappa shape index (κ3) is 3.54. The van der Waals surface area contributed by atoms with E-state index in [0.29, 0.717) is 5.92 Å². The first kappa shape index (κ1) is 14.8. The molecule has 0 radical (unpaired) electrons. The zero-order valence-corrected chi connectivity index (χ0v) is 13.4. The van der Waals surface area contributed by atoms with Crippen molar-refractivity contribution in [2.24, 2.45) is 11.8 Å². The maximum absolute atomic E-state index is 4.49. The summed E-state index contributed by atoms with van der Waals surface area (Å²) >= 11 is 0. The van der Waals surface area contributed by atoms with E-state index in [1.165, 1.54) is 32.1 Å². The van der Waals surface area contributed by atoms with E-state index in [-0.39, 0.29) is 0 Å². The molecule has 2 unspecified atom stereocenters. The van der Waals surface area contributed by atoms with Gasteiger partial charge in [-0.15, -0.1) is 5.10 Å². The summed E-state index contributed by atoms with van der Waals surface area (Å²) in [4.78, 5) is 2.50. The number of nitrogens with one attached hydrogen (secondary N) is 1. The van der Waals surface area contributed by atoms with Gasteiger partial charge in [0.05, 0.1) is 5.69 Å². The average Bonchev–Trinajstić information content (AvgIpc) is 2.92. The summed E-state index contributed by atoms with van der Waals surface area (Å²) in [6.45, 7) is 7.44. The van der Waals surface area contributed by atoms with E-state index in [2.05, 4.69) is 46.4 Å². The molecule has 21 heavy (non-hydrogen) atoms. The topological polar surface area (TPSA) is 41.0 Å². The smallest absolute Gasteiger partial charge is 0.151 e. The summed E-state index contributed by atoms with van der Waals surface area (Å²) in [6.07, 6.45) is 6.88. The second kappa shape index (κ2) is 6.73. The van der Waals surface area contributed by atoms with Gasteiger partial charge < -0.3 is 10.2 Å². The van der Waals surface area contributed by atoms with Crippen molar-refractivity contribution >= 4 is 5.82 Å². The summed E-state index contributed by atoms with van der Waals surface area (Å²) in [6, 6.07) is 5.01. The fourth-order valence-corrected chi connectivity index (χ4v) is 3.78. The van der Waals surface area contributed by atoms with Gasteiger partial charge in [-0.25, -0.2) is 0 Å². The second-order valence-corrected chi connectivity index (χ2v) is 7.00. The zero-order chi connectivity index (χ0) is 14.7. The van der Waals surface area contributed by atoms with Gasteiger partial charge in [0.15, 0.2) is 5.82 Å². The fourth-order valence-electron chi connectivity index (χ4n) is 3.78. The molecule has 1 aliphatic carbocycles. The van der Waals surface area contributed by atoms with Gasteiger partial charge in [0.2, 0.25) is 0 Å². The maximum Gasteiger partial charge on any atom is 0.151 e. The van der Waals surface area contributed by atoms with Crippen LogP contribution in [0.5, 0.6) is 0 Å². The standard InChI is InChI=1S/C17H28N4/c1-13(2)11-18-12-15-7-8-17(20-19-15)21-10-9-14-5-3-4-6-16(14)21/h7-8,13-14,16,18H,3-6,9-12H2,1-2H3. The zero-order valence-electron chi connectivity index (χ0n) is 13.4. The van der Waals surface area contributed by atoms with Gasteiger partial charge in [0.25, 0.3) is 0 Å². The first-order chi connectivity index (χ1) is 10.2. The molecule has 2 heterocycles. The third-order valence-electron chi connectivity index (χ3n) is 4.87. The number of aromatic nitrogens is 2. The lowest BCUT2D eigenvalue weighted by Crippen LogP contribution is -2.35. The van der Waals surface area contributed by atoms with Gasteiger partial charge in [0.1, 0.15) is 0 Å². The van der Waals surface area contributed by atoms with Crippen LogP contribution in [-0.2, 0) is 6.54 Å². The molecule has 1 saturated carbocycles. The lowest BCUT2D eigenvalue weighted by atomic mass is 9.85. The Morgan fingerprint density at radius 2 is 2.05 bits per heavy atom. The minimum Gasteiger partial charge on any atom is -0.352 e. The van der Waals surface area contributed by atoms with Crippen LogP contribution in [0.3, 0.4) is 0 Å². The Kier molecular flexibility index (Phi) is 4.73. The Morgan fingerprint density at radius 1 is 1.19 bits per heavy atom. The van der Waals surface area contributed by atoms with Crippen molar-refractivity contribution < 1.29 is 0 Å². The number of fused-ring (bicyclic) bond motifs is 1. The molecular formula is C17H28N4. The molecule has 2 fully saturated rings. The molecule has 116 valence electrons. The van der Waals surface area contributed by atoms with Crippen LogP contribution in [0.1, 0.15) is 51.6 Å². The molecule has 4 heteroatoms. The number of nitrogens with zero attached hydrogens (tertiary/aromatic N) is 3. The van der Waals surface area contributed by atoms with Crippen molar-refractivity contribution in [2.75, 3.05) is 18.0 Å². The van der Waals surface area contributed by atoms with Crippen LogP contribution in [0, 0.1) is 11.8 Å². The molecule has 0 aromatic carbocycles. The van der Waals surface area contributed by atoms with E-state index in [0.717, 1.165) is 43.1 Å². The predicted molar refractivity (Wildman–Crippen MR) is 86.3 cm³/mol. The van der Waals surface area contributed by atoms with Crippen LogP contribution < -0.4 is 10.2 Å². The van der Waals surface area contributed by atoms with Crippen molar-refractivity contribution in [1.29, 1.82) is 0 Å². The van der Waals surface area contributed by atoms with Crippen molar-refractivity contribution in [2.45, 2.75) is 58.5 Å². The molecule has 3 rings (SSSR count). The highest BCUT2D eigenvalue weighted by Crippen LogP contribution is 2.37. The monoisotopic (exact) mass is 288 g/mol. The minimum absolute atomic E-state index is 0.671. The third-order valence-corrected chi connectivity index (χ3v) is 4.87. The van der Waals surface area contributed by atoms with E-state index < -0.39 is 0 Å². The van der Waals surface area contributed by atoms with Crippen molar-refractivity contribution in [3.8, 4) is 0 Å². The fraction of sp³-hybridized carbons (Fsp3) is 0.765. The van der Waals surface area contributed by atoms with Crippen molar-refractivity contribution in [1.82, 2.24) is 15.5 Å². The minimum atomic E-state index is 0.671. The van der Waals surface area contributed by atoms with E-state index >= 15 is 0 Å². The molecule has 2 atom stereocenters. The van der Waals surface area contributed by atoms with E-state index in [1.54, 1.807) is 0 Å². The van der Waals surface area contributed by atoms with Gasteiger partial charge in [0, 0.05) is 19.1 Å². The van der Waals surface area contributed by atoms with Crippen LogP contribution in [-0.4, -0.2) is 29.3 Å². The van der Waals surface area contributed by atoms with Crippen molar-refractivity contribution in [3.05, 3.63) is 17.8 Å². The molecule has 1 aliphatic heterocycles. The molecule has 1 saturated heterocycles. The summed E-state index contributed by atoms with van der Waals surface area (Å²) in [5.74, 6) is 2.65. The number of hydrogen-bond acceptors (Lipinski definition) is 4. The molecular weight excluding hydrogens is 260 g/mol. The van der Waals surface area contributed by atoms with Crippen LogP contribution >= 0.6 is 0 Å². The Morgan fingerprint density at radius 3 is 2.81 bits per heavy atom. The van der Waals surface area contributed by atoms with Crippen LogP contribution in [0.15, 0.2) is 12.1 Å². The highest BCUT2D eigenvalue weighted by molar-refractivity contribution is 5.40. The van der Waals surface area contributed by atoms with Crippen molar-refractivity contribution in [3.63, 3.8) is 0 Å². The Hall–Kier alpha value is -1.16. The molecule has 0 amide bonds. The average molecular weight is 288 g/mol. The molecule has 0 spiro atoms. The maximum atomic E-state index is 4.49. The van der Waals surface area contributed by atoms with E-state index in [1.807, 2.05) is 0 Å². The summed E-state index contributed by atoms with van der Waals surface area (Å²) in [5, 5.41) is 12.3. The molecule has 2 aliphatic rings. The highest BCUT2D eigenvalue weighted by Gasteiger charge is 2.36. The highest BCUT2D eigenvalue weighted by atomic mass is 15.3. The van der Waals surface area contributed by atoms with Gasteiger partial charge in [-0.1, -0.05) is 26.7 Å². The summed E-state index contributed by atoms with van der Waals surface area (Å²) < 4.78 is 0. The summed E-state index contributed by atoms with van der Waals surface area (Å²) in [7, 11) is 0.